The van der Waals surface area contributed by atoms with Crippen LogP contribution in [-0.4, -0.2) is 14.1 Å². The predicted octanol–water partition coefficient (Wildman–Crippen LogP) is 3.34. The minimum Gasteiger partial charge on any atom is -0.324 e. The van der Waals surface area contributed by atoms with E-state index in [1.54, 1.807) is 22.2 Å². The summed E-state index contributed by atoms with van der Waals surface area (Å²) in [4.78, 5) is 17.4. The summed E-state index contributed by atoms with van der Waals surface area (Å²) in [5, 5.41) is 9.48. The SMILES string of the molecule is C[C@@H](N)c1ccc(C#N)c(-c2ccc3c(n2)n(C)c(=O)n3CC(C)(C)C)c1. The van der Waals surface area contributed by atoms with Gasteiger partial charge in [0.05, 0.1) is 22.8 Å². The smallest absolute Gasteiger partial charge is 0.324 e. The quantitative estimate of drug-likeness (QED) is 0.773. The molecule has 0 spiro atoms. The van der Waals surface area contributed by atoms with Crippen LogP contribution in [0.5, 0.6) is 0 Å². The number of nitrogens with two attached hydrogens (primary N) is 1. The molecule has 0 saturated carbocycles. The zero-order chi connectivity index (χ0) is 19.9. The number of aromatic nitrogens is 3. The molecule has 6 nitrogen and oxygen atoms in total. The van der Waals surface area contributed by atoms with Crippen molar-refractivity contribution in [2.45, 2.75) is 40.3 Å². The first-order chi connectivity index (χ1) is 12.6. The van der Waals surface area contributed by atoms with E-state index < -0.39 is 0 Å². The number of hydrogen-bond donors (Lipinski definition) is 1. The van der Waals surface area contributed by atoms with Gasteiger partial charge in [-0.15, -0.1) is 0 Å². The first-order valence-electron chi connectivity index (χ1n) is 8.98. The Kier molecular flexibility index (Phi) is 4.66. The number of rotatable bonds is 3. The van der Waals surface area contributed by atoms with Gasteiger partial charge in [-0.25, -0.2) is 9.78 Å². The molecule has 6 heteroatoms. The van der Waals surface area contributed by atoms with E-state index in [9.17, 15) is 10.1 Å². The second kappa shape index (κ2) is 6.67. The first-order valence-corrected chi connectivity index (χ1v) is 8.98. The maximum absolute atomic E-state index is 12.7. The molecule has 2 N–H and O–H groups in total. The van der Waals surface area contributed by atoms with Crippen LogP contribution >= 0.6 is 0 Å². The van der Waals surface area contributed by atoms with Crippen LogP contribution < -0.4 is 11.4 Å². The molecule has 0 bridgehead atoms. The Labute approximate surface area is 158 Å². The lowest BCUT2D eigenvalue weighted by Crippen LogP contribution is -2.27. The number of fused-ring (bicyclic) bond motifs is 1. The first kappa shape index (κ1) is 18.9. The maximum Gasteiger partial charge on any atom is 0.330 e. The fourth-order valence-electron chi connectivity index (χ4n) is 3.20. The normalized spacial score (nSPS) is 12.9. The van der Waals surface area contributed by atoms with Crippen molar-refractivity contribution in [1.82, 2.24) is 14.1 Å². The second-order valence-electron chi connectivity index (χ2n) is 8.23. The molecule has 0 aliphatic rings. The molecule has 0 radical (unpaired) electrons. The average Bonchev–Trinajstić information content (AvgIpc) is 2.84. The highest BCUT2D eigenvalue weighted by Gasteiger charge is 2.19. The molecule has 0 aliphatic carbocycles. The van der Waals surface area contributed by atoms with E-state index in [1.165, 1.54) is 0 Å². The van der Waals surface area contributed by atoms with E-state index in [0.29, 0.717) is 23.4 Å². The lowest BCUT2D eigenvalue weighted by atomic mass is 9.97. The molecule has 0 saturated heterocycles. The highest BCUT2D eigenvalue weighted by molar-refractivity contribution is 5.78. The Morgan fingerprint density at radius 2 is 1.96 bits per heavy atom. The van der Waals surface area contributed by atoms with Crippen LogP contribution in [0.1, 0.15) is 44.9 Å². The van der Waals surface area contributed by atoms with Crippen LogP contribution in [0.2, 0.25) is 0 Å². The fourth-order valence-corrected chi connectivity index (χ4v) is 3.20. The molecule has 2 heterocycles. The van der Waals surface area contributed by atoms with Crippen molar-refractivity contribution in [3.05, 3.63) is 51.9 Å². The number of hydrogen-bond acceptors (Lipinski definition) is 4. The zero-order valence-electron chi connectivity index (χ0n) is 16.4. The van der Waals surface area contributed by atoms with Crippen LogP contribution in [0.15, 0.2) is 35.1 Å². The summed E-state index contributed by atoms with van der Waals surface area (Å²) in [7, 11) is 1.73. The molecule has 27 heavy (non-hydrogen) atoms. The molecule has 2 aromatic heterocycles. The number of nitriles is 1. The number of nitrogens with zero attached hydrogens (tertiary/aromatic N) is 4. The van der Waals surface area contributed by atoms with Crippen LogP contribution in [0, 0.1) is 16.7 Å². The number of pyridine rings is 1. The van der Waals surface area contributed by atoms with Gasteiger partial charge in [0.1, 0.15) is 0 Å². The van der Waals surface area contributed by atoms with E-state index in [4.69, 9.17) is 10.7 Å². The van der Waals surface area contributed by atoms with Gasteiger partial charge in [0.15, 0.2) is 5.65 Å². The van der Waals surface area contributed by atoms with E-state index in [0.717, 1.165) is 16.6 Å². The molecular formula is C21H25N5O. The highest BCUT2D eigenvalue weighted by Crippen LogP contribution is 2.27. The second-order valence-corrected chi connectivity index (χ2v) is 8.23. The van der Waals surface area contributed by atoms with Crippen molar-refractivity contribution in [3.8, 4) is 17.3 Å². The Balaban J connectivity index is 2.22. The summed E-state index contributed by atoms with van der Waals surface area (Å²) in [6.07, 6.45) is 0. The van der Waals surface area contributed by atoms with Gasteiger partial charge in [-0.05, 0) is 42.2 Å². The van der Waals surface area contributed by atoms with Crippen molar-refractivity contribution in [3.63, 3.8) is 0 Å². The van der Waals surface area contributed by atoms with Gasteiger partial charge < -0.3 is 5.73 Å². The maximum atomic E-state index is 12.7. The van der Waals surface area contributed by atoms with Crippen LogP contribution in [-0.2, 0) is 13.6 Å². The molecule has 3 rings (SSSR count). The van der Waals surface area contributed by atoms with Crippen LogP contribution in [0.25, 0.3) is 22.4 Å². The van der Waals surface area contributed by atoms with Crippen molar-refractivity contribution in [1.29, 1.82) is 5.26 Å². The Morgan fingerprint density at radius 1 is 1.26 bits per heavy atom. The summed E-state index contributed by atoms with van der Waals surface area (Å²) < 4.78 is 3.32. The van der Waals surface area contributed by atoms with Crippen molar-refractivity contribution in [2.24, 2.45) is 18.2 Å². The molecular weight excluding hydrogens is 338 g/mol. The zero-order valence-corrected chi connectivity index (χ0v) is 16.4. The largest absolute Gasteiger partial charge is 0.330 e. The highest BCUT2D eigenvalue weighted by atomic mass is 16.1. The van der Waals surface area contributed by atoms with Gasteiger partial charge in [-0.2, -0.15) is 5.26 Å². The molecule has 0 amide bonds. The van der Waals surface area contributed by atoms with E-state index in [-0.39, 0.29) is 17.1 Å². The van der Waals surface area contributed by atoms with Gasteiger partial charge in [0, 0.05) is 25.2 Å². The van der Waals surface area contributed by atoms with Gasteiger partial charge in [0.25, 0.3) is 0 Å². The van der Waals surface area contributed by atoms with E-state index in [1.807, 2.05) is 31.2 Å². The number of benzene rings is 1. The van der Waals surface area contributed by atoms with E-state index >= 15 is 0 Å². The lowest BCUT2D eigenvalue weighted by molar-refractivity contribution is 0.342. The summed E-state index contributed by atoms with van der Waals surface area (Å²) in [5.41, 5.74) is 10.1. The summed E-state index contributed by atoms with van der Waals surface area (Å²) in [5.74, 6) is 0. The Morgan fingerprint density at radius 3 is 2.56 bits per heavy atom. The predicted molar refractivity (Wildman–Crippen MR) is 107 cm³/mol. The van der Waals surface area contributed by atoms with Crippen molar-refractivity contribution < 1.29 is 0 Å². The van der Waals surface area contributed by atoms with Crippen molar-refractivity contribution >= 4 is 11.2 Å². The molecule has 1 atom stereocenters. The summed E-state index contributed by atoms with van der Waals surface area (Å²) >= 11 is 0. The summed E-state index contributed by atoms with van der Waals surface area (Å²) in [6, 6.07) is 11.4. The lowest BCUT2D eigenvalue weighted by Gasteiger charge is -2.18. The van der Waals surface area contributed by atoms with Gasteiger partial charge in [-0.3, -0.25) is 9.13 Å². The third-order valence-electron chi connectivity index (χ3n) is 4.58. The molecule has 3 aromatic rings. The van der Waals surface area contributed by atoms with Crippen LogP contribution in [0.4, 0.5) is 0 Å². The molecule has 1 aromatic carbocycles. The minimum atomic E-state index is -0.141. The Hall–Kier alpha value is -2.91. The van der Waals surface area contributed by atoms with Gasteiger partial charge in [-0.1, -0.05) is 26.8 Å². The standard InChI is InChI=1S/C21H25N5O/c1-13(23)14-6-7-15(11-22)16(10-14)17-8-9-18-19(24-17)25(5)20(27)26(18)12-21(2,3)4/h6-10,13H,12,23H2,1-5H3/t13-/m1/s1. The summed E-state index contributed by atoms with van der Waals surface area (Å²) in [6.45, 7) is 8.79. The number of aryl methyl sites for hydroxylation is 1. The third kappa shape index (κ3) is 3.51. The average molecular weight is 363 g/mol. The molecule has 0 aliphatic heterocycles. The third-order valence-corrected chi connectivity index (χ3v) is 4.58. The molecule has 0 fully saturated rings. The minimum absolute atomic E-state index is 0.0314. The van der Waals surface area contributed by atoms with E-state index in [2.05, 4.69) is 26.8 Å². The number of imidazole rings is 1. The van der Waals surface area contributed by atoms with Gasteiger partial charge in [0.2, 0.25) is 0 Å². The molecule has 140 valence electrons. The Bertz CT molecular complexity index is 1110. The van der Waals surface area contributed by atoms with Crippen LogP contribution in [0.3, 0.4) is 0 Å². The fraction of sp³-hybridized carbons (Fsp3) is 0.381. The topological polar surface area (TPSA) is 89.6 Å². The monoisotopic (exact) mass is 363 g/mol. The van der Waals surface area contributed by atoms with Gasteiger partial charge >= 0.3 is 5.69 Å². The van der Waals surface area contributed by atoms with Crippen molar-refractivity contribution in [2.75, 3.05) is 0 Å². The molecule has 0 unspecified atom stereocenters.